The monoisotopic (exact) mass is 290 g/mol. The molecule has 0 aromatic carbocycles. The van der Waals surface area contributed by atoms with Crippen LogP contribution in [0.5, 0.6) is 0 Å². The summed E-state index contributed by atoms with van der Waals surface area (Å²) in [6.45, 7) is 11.5. The largest absolute Gasteiger partial charge is 0.333 e. The van der Waals surface area contributed by atoms with E-state index in [4.69, 9.17) is 0 Å². The van der Waals surface area contributed by atoms with Gasteiger partial charge < -0.3 is 9.88 Å². The van der Waals surface area contributed by atoms with Crippen molar-refractivity contribution < 1.29 is 0 Å². The molecule has 0 bridgehead atoms. The Morgan fingerprint density at radius 3 is 3.05 bits per heavy atom. The number of aromatic nitrogens is 2. The van der Waals surface area contributed by atoms with Crippen molar-refractivity contribution in [3.05, 3.63) is 18.2 Å². The Morgan fingerprint density at radius 2 is 2.24 bits per heavy atom. The van der Waals surface area contributed by atoms with Crippen molar-refractivity contribution in [2.75, 3.05) is 13.1 Å². The van der Waals surface area contributed by atoms with E-state index >= 15 is 0 Å². The molecule has 2 unspecified atom stereocenters. The molecule has 1 N–H and O–H groups in total. The quantitative estimate of drug-likeness (QED) is 0.925. The molecular formula is C17H30N4. The number of nitrogens with zero attached hydrogens (tertiary/aromatic N) is 3. The minimum Gasteiger partial charge on any atom is -0.333 e. The fraction of sp³-hybridized carbons (Fsp3) is 0.824. The van der Waals surface area contributed by atoms with Crippen LogP contribution >= 0.6 is 0 Å². The minimum atomic E-state index is 0.394. The second-order valence-corrected chi connectivity index (χ2v) is 7.39. The Hall–Kier alpha value is -0.870. The van der Waals surface area contributed by atoms with E-state index in [0.29, 0.717) is 17.5 Å². The first kappa shape index (κ1) is 15.0. The van der Waals surface area contributed by atoms with Gasteiger partial charge in [-0.3, -0.25) is 4.90 Å². The molecule has 21 heavy (non-hydrogen) atoms. The Kier molecular flexibility index (Phi) is 4.36. The van der Waals surface area contributed by atoms with Crippen molar-refractivity contribution >= 4 is 0 Å². The molecule has 1 aromatic heterocycles. The number of fused-ring (bicyclic) bond motifs is 1. The maximum absolute atomic E-state index is 4.53. The molecule has 1 saturated carbocycles. The van der Waals surface area contributed by atoms with Gasteiger partial charge in [0, 0.05) is 37.6 Å². The normalized spacial score (nSPS) is 29.3. The summed E-state index contributed by atoms with van der Waals surface area (Å²) in [7, 11) is 0. The standard InChI is InChI=1S/C17H30N4/c1-4-8-19-16-14(6-5-7-17(16,2)3)21-12-11-20-10-9-18-15(20)13-21/h9-10,14,16,19H,4-8,11-13H2,1-3H3. The smallest absolute Gasteiger partial charge is 0.122 e. The molecule has 4 heteroatoms. The van der Waals surface area contributed by atoms with Gasteiger partial charge in [-0.15, -0.1) is 0 Å². The fourth-order valence-corrected chi connectivity index (χ4v) is 4.19. The molecule has 1 aromatic rings. The molecule has 4 nitrogen and oxygen atoms in total. The van der Waals surface area contributed by atoms with Gasteiger partial charge in [0.15, 0.2) is 0 Å². The molecule has 0 amide bonds. The Balaban J connectivity index is 1.75. The summed E-state index contributed by atoms with van der Waals surface area (Å²) in [6.07, 6.45) is 9.29. The van der Waals surface area contributed by atoms with Crippen LogP contribution in [-0.4, -0.2) is 39.6 Å². The zero-order chi connectivity index (χ0) is 14.9. The van der Waals surface area contributed by atoms with Crippen LogP contribution in [0.3, 0.4) is 0 Å². The third-order valence-electron chi connectivity index (χ3n) is 5.41. The molecule has 118 valence electrons. The van der Waals surface area contributed by atoms with E-state index in [-0.39, 0.29) is 0 Å². The summed E-state index contributed by atoms with van der Waals surface area (Å²) < 4.78 is 2.30. The highest BCUT2D eigenvalue weighted by Gasteiger charge is 2.41. The van der Waals surface area contributed by atoms with Gasteiger partial charge in [0.25, 0.3) is 0 Å². The third kappa shape index (κ3) is 3.02. The van der Waals surface area contributed by atoms with Gasteiger partial charge in [-0.05, 0) is 31.2 Å². The summed E-state index contributed by atoms with van der Waals surface area (Å²) in [5, 5.41) is 3.86. The molecule has 0 spiro atoms. The van der Waals surface area contributed by atoms with E-state index in [2.05, 4.69) is 46.7 Å². The number of rotatable bonds is 4. The van der Waals surface area contributed by atoms with Gasteiger partial charge in [0.05, 0.1) is 6.54 Å². The fourth-order valence-electron chi connectivity index (χ4n) is 4.19. The lowest BCUT2D eigenvalue weighted by atomic mass is 9.70. The zero-order valence-electron chi connectivity index (χ0n) is 13.8. The molecular weight excluding hydrogens is 260 g/mol. The molecule has 2 aliphatic rings. The molecule has 2 atom stereocenters. The van der Waals surface area contributed by atoms with Crippen LogP contribution in [0.4, 0.5) is 0 Å². The van der Waals surface area contributed by atoms with Crippen LogP contribution < -0.4 is 5.32 Å². The van der Waals surface area contributed by atoms with Crippen LogP contribution in [0, 0.1) is 5.41 Å². The van der Waals surface area contributed by atoms with Crippen LogP contribution in [-0.2, 0) is 13.1 Å². The van der Waals surface area contributed by atoms with E-state index in [1.165, 1.54) is 31.5 Å². The number of nitrogens with one attached hydrogen (secondary N) is 1. The second-order valence-electron chi connectivity index (χ2n) is 7.39. The van der Waals surface area contributed by atoms with Gasteiger partial charge in [-0.25, -0.2) is 4.98 Å². The first-order valence-corrected chi connectivity index (χ1v) is 8.59. The Bertz CT molecular complexity index is 465. The van der Waals surface area contributed by atoms with Gasteiger partial charge in [0.1, 0.15) is 5.82 Å². The van der Waals surface area contributed by atoms with Crippen LogP contribution in [0.15, 0.2) is 12.4 Å². The molecule has 2 heterocycles. The summed E-state index contributed by atoms with van der Waals surface area (Å²) in [6, 6.07) is 1.26. The number of hydrogen-bond donors (Lipinski definition) is 1. The minimum absolute atomic E-state index is 0.394. The van der Waals surface area contributed by atoms with Gasteiger partial charge in [-0.2, -0.15) is 0 Å². The lowest BCUT2D eigenvalue weighted by Gasteiger charge is -2.49. The van der Waals surface area contributed by atoms with Gasteiger partial charge in [0.2, 0.25) is 0 Å². The number of imidazole rings is 1. The number of hydrogen-bond acceptors (Lipinski definition) is 3. The Labute approximate surface area is 128 Å². The summed E-state index contributed by atoms with van der Waals surface area (Å²) in [5.74, 6) is 1.24. The molecule has 0 radical (unpaired) electrons. The summed E-state index contributed by atoms with van der Waals surface area (Å²) in [4.78, 5) is 7.20. The van der Waals surface area contributed by atoms with Crippen LogP contribution in [0.25, 0.3) is 0 Å². The molecule has 3 rings (SSSR count). The van der Waals surface area contributed by atoms with Crippen LogP contribution in [0.2, 0.25) is 0 Å². The second kappa shape index (κ2) is 6.09. The van der Waals surface area contributed by atoms with Crippen LogP contribution in [0.1, 0.15) is 52.3 Å². The summed E-state index contributed by atoms with van der Waals surface area (Å²) >= 11 is 0. The van der Waals surface area contributed by atoms with Gasteiger partial charge >= 0.3 is 0 Å². The van der Waals surface area contributed by atoms with E-state index in [9.17, 15) is 0 Å². The van der Waals surface area contributed by atoms with Crippen molar-refractivity contribution in [2.45, 2.75) is 71.6 Å². The van der Waals surface area contributed by atoms with E-state index < -0.39 is 0 Å². The average molecular weight is 290 g/mol. The van der Waals surface area contributed by atoms with E-state index in [0.717, 1.165) is 26.2 Å². The summed E-state index contributed by atoms with van der Waals surface area (Å²) in [5.41, 5.74) is 0.394. The highest BCUT2D eigenvalue weighted by molar-refractivity contribution is 5.02. The molecule has 1 aliphatic carbocycles. The van der Waals surface area contributed by atoms with Crippen molar-refractivity contribution in [1.29, 1.82) is 0 Å². The maximum atomic E-state index is 4.53. The maximum Gasteiger partial charge on any atom is 0.122 e. The average Bonchev–Trinajstić information content (AvgIpc) is 2.92. The highest BCUT2D eigenvalue weighted by Crippen LogP contribution is 2.38. The zero-order valence-corrected chi connectivity index (χ0v) is 13.8. The van der Waals surface area contributed by atoms with E-state index in [1.807, 2.05) is 6.20 Å². The third-order valence-corrected chi connectivity index (χ3v) is 5.41. The SMILES string of the molecule is CCCNC1C(N2CCn3ccnc3C2)CCCC1(C)C. The molecule has 1 aliphatic heterocycles. The molecule has 0 saturated heterocycles. The van der Waals surface area contributed by atoms with Crippen molar-refractivity contribution in [1.82, 2.24) is 19.8 Å². The highest BCUT2D eigenvalue weighted by atomic mass is 15.3. The van der Waals surface area contributed by atoms with Crippen molar-refractivity contribution in [2.24, 2.45) is 5.41 Å². The van der Waals surface area contributed by atoms with Gasteiger partial charge in [-0.1, -0.05) is 27.2 Å². The lowest BCUT2D eigenvalue weighted by Crippen LogP contribution is -2.59. The van der Waals surface area contributed by atoms with E-state index in [1.54, 1.807) is 0 Å². The predicted molar refractivity (Wildman–Crippen MR) is 86.1 cm³/mol. The molecule has 1 fully saturated rings. The first-order valence-electron chi connectivity index (χ1n) is 8.59. The Morgan fingerprint density at radius 1 is 1.38 bits per heavy atom. The van der Waals surface area contributed by atoms with Crippen molar-refractivity contribution in [3.63, 3.8) is 0 Å². The van der Waals surface area contributed by atoms with Crippen molar-refractivity contribution in [3.8, 4) is 0 Å². The topological polar surface area (TPSA) is 33.1 Å². The lowest BCUT2D eigenvalue weighted by molar-refractivity contribution is 0.0323. The first-order chi connectivity index (χ1) is 10.1. The predicted octanol–water partition coefficient (Wildman–Crippen LogP) is 2.65.